The summed E-state index contributed by atoms with van der Waals surface area (Å²) in [7, 11) is 0. The molecule has 0 amide bonds. The topological polar surface area (TPSA) is 12.0 Å². The molecule has 0 saturated heterocycles. The fraction of sp³-hybridized carbons (Fsp3) is 0.733. The molecule has 3 heteroatoms. The molecule has 102 valence electrons. The lowest BCUT2D eigenvalue weighted by atomic mass is 9.83. The van der Waals surface area contributed by atoms with E-state index in [1.807, 2.05) is 11.3 Å². The average Bonchev–Trinajstić information content (AvgIpc) is 2.79. The van der Waals surface area contributed by atoms with Crippen molar-refractivity contribution >= 4 is 27.3 Å². The zero-order valence-electron chi connectivity index (χ0n) is 11.4. The minimum absolute atomic E-state index is 0.494. The first-order valence-corrected chi connectivity index (χ1v) is 8.86. The Kier molecular flexibility index (Phi) is 5.71. The molecule has 0 aromatic carbocycles. The first kappa shape index (κ1) is 14.5. The fourth-order valence-corrected chi connectivity index (χ4v) is 4.48. The predicted octanol–water partition coefficient (Wildman–Crippen LogP) is 5.52. The predicted molar refractivity (Wildman–Crippen MR) is 84.2 cm³/mol. The molecule has 1 fully saturated rings. The minimum atomic E-state index is 0.494. The Morgan fingerprint density at radius 2 is 2.11 bits per heavy atom. The van der Waals surface area contributed by atoms with Crippen LogP contribution in [-0.4, -0.2) is 6.04 Å². The van der Waals surface area contributed by atoms with Crippen molar-refractivity contribution in [3.05, 3.63) is 20.8 Å². The first-order chi connectivity index (χ1) is 8.69. The van der Waals surface area contributed by atoms with Crippen LogP contribution >= 0.6 is 27.3 Å². The molecule has 0 radical (unpaired) electrons. The van der Waals surface area contributed by atoms with Crippen molar-refractivity contribution in [3.63, 3.8) is 0 Å². The highest BCUT2D eigenvalue weighted by Gasteiger charge is 2.22. The summed E-state index contributed by atoms with van der Waals surface area (Å²) in [4.78, 5) is 1.44. The highest BCUT2D eigenvalue weighted by atomic mass is 79.9. The second-order valence-corrected chi connectivity index (χ2v) is 7.42. The van der Waals surface area contributed by atoms with Crippen molar-refractivity contribution < 1.29 is 0 Å². The van der Waals surface area contributed by atoms with Gasteiger partial charge in [-0.05, 0) is 60.5 Å². The van der Waals surface area contributed by atoms with Crippen LogP contribution in [0.25, 0.3) is 0 Å². The van der Waals surface area contributed by atoms with Crippen LogP contribution in [0.1, 0.15) is 63.3 Å². The maximum atomic E-state index is 3.80. The zero-order valence-corrected chi connectivity index (χ0v) is 13.8. The molecule has 1 heterocycles. The van der Waals surface area contributed by atoms with Crippen LogP contribution < -0.4 is 5.32 Å². The van der Waals surface area contributed by atoms with Crippen molar-refractivity contribution in [2.24, 2.45) is 5.92 Å². The highest BCUT2D eigenvalue weighted by Crippen LogP contribution is 2.30. The molecule has 1 atom stereocenters. The molecule has 18 heavy (non-hydrogen) atoms. The van der Waals surface area contributed by atoms with Crippen molar-refractivity contribution in [2.75, 3.05) is 0 Å². The van der Waals surface area contributed by atoms with Crippen molar-refractivity contribution in [2.45, 2.75) is 64.5 Å². The molecule has 1 aromatic heterocycles. The first-order valence-electron chi connectivity index (χ1n) is 7.19. The quantitative estimate of drug-likeness (QED) is 0.749. The van der Waals surface area contributed by atoms with E-state index in [4.69, 9.17) is 0 Å². The molecule has 0 spiro atoms. The molecule has 2 rings (SSSR count). The van der Waals surface area contributed by atoms with E-state index in [1.165, 1.54) is 47.9 Å². The molecule has 1 nitrogen and oxygen atoms in total. The Hall–Kier alpha value is 0.140. The number of hydrogen-bond donors (Lipinski definition) is 1. The molecule has 1 saturated carbocycles. The monoisotopic (exact) mass is 329 g/mol. The van der Waals surface area contributed by atoms with E-state index >= 15 is 0 Å². The van der Waals surface area contributed by atoms with Gasteiger partial charge in [0.2, 0.25) is 0 Å². The summed E-state index contributed by atoms with van der Waals surface area (Å²) in [5.41, 5.74) is 0. The van der Waals surface area contributed by atoms with Gasteiger partial charge in [0.05, 0.1) is 0 Å². The van der Waals surface area contributed by atoms with Crippen LogP contribution in [0.5, 0.6) is 0 Å². The summed E-state index contributed by atoms with van der Waals surface area (Å²) in [5.74, 6) is 0.999. The Morgan fingerprint density at radius 3 is 2.67 bits per heavy atom. The van der Waals surface area contributed by atoms with E-state index in [-0.39, 0.29) is 0 Å². The van der Waals surface area contributed by atoms with Gasteiger partial charge in [-0.3, -0.25) is 0 Å². The maximum absolute atomic E-state index is 3.80. The van der Waals surface area contributed by atoms with Gasteiger partial charge in [-0.2, -0.15) is 0 Å². The molecule has 1 aliphatic carbocycles. The second kappa shape index (κ2) is 7.06. The summed E-state index contributed by atoms with van der Waals surface area (Å²) in [6.07, 6.45) is 8.35. The van der Waals surface area contributed by atoms with Crippen LogP contribution in [-0.2, 0) is 0 Å². The largest absolute Gasteiger partial charge is 0.307 e. The molecule has 1 aromatic rings. The molecule has 1 unspecified atom stereocenters. The third-order valence-electron chi connectivity index (χ3n) is 4.04. The van der Waals surface area contributed by atoms with E-state index in [9.17, 15) is 0 Å². The second-order valence-electron chi connectivity index (χ2n) is 5.56. The van der Waals surface area contributed by atoms with E-state index in [1.54, 1.807) is 0 Å². The zero-order chi connectivity index (χ0) is 13.0. The van der Waals surface area contributed by atoms with Crippen LogP contribution in [0.2, 0.25) is 0 Å². The number of nitrogens with one attached hydrogen (secondary N) is 1. The number of thiophene rings is 1. The van der Waals surface area contributed by atoms with E-state index < -0.39 is 0 Å². The normalized spacial score (nSPS) is 26.2. The lowest BCUT2D eigenvalue weighted by Crippen LogP contribution is -2.34. The molecule has 1 aliphatic rings. The van der Waals surface area contributed by atoms with Crippen LogP contribution in [0.15, 0.2) is 15.9 Å². The summed E-state index contributed by atoms with van der Waals surface area (Å²) in [5, 5.41) is 5.97. The van der Waals surface area contributed by atoms with Gasteiger partial charge >= 0.3 is 0 Å². The van der Waals surface area contributed by atoms with Gasteiger partial charge in [0.1, 0.15) is 0 Å². The molecule has 0 aliphatic heterocycles. The van der Waals surface area contributed by atoms with Crippen molar-refractivity contribution in [1.29, 1.82) is 0 Å². The third-order valence-corrected chi connectivity index (χ3v) is 5.92. The van der Waals surface area contributed by atoms with Gasteiger partial charge in [-0.15, -0.1) is 11.3 Å². The van der Waals surface area contributed by atoms with Crippen molar-refractivity contribution in [3.8, 4) is 0 Å². The number of hydrogen-bond acceptors (Lipinski definition) is 2. The smallest absolute Gasteiger partial charge is 0.0388 e. The molecule has 1 N–H and O–H groups in total. The fourth-order valence-electron chi connectivity index (χ4n) is 3.02. The minimum Gasteiger partial charge on any atom is -0.307 e. The van der Waals surface area contributed by atoms with Gasteiger partial charge in [0.15, 0.2) is 0 Å². The lowest BCUT2D eigenvalue weighted by Gasteiger charge is -2.31. The van der Waals surface area contributed by atoms with Crippen LogP contribution in [0, 0.1) is 5.92 Å². The van der Waals surface area contributed by atoms with E-state index in [0.717, 1.165) is 12.0 Å². The van der Waals surface area contributed by atoms with Gasteiger partial charge in [0, 0.05) is 26.8 Å². The van der Waals surface area contributed by atoms with E-state index in [0.29, 0.717) is 6.04 Å². The summed E-state index contributed by atoms with van der Waals surface area (Å²) in [6.45, 7) is 4.59. The van der Waals surface area contributed by atoms with E-state index in [2.05, 4.69) is 46.5 Å². The standard InChI is InChI=1S/C15H24BrNS/c1-3-4-12-5-7-14(8-6-12)17-11(2)15-9-13(16)10-18-15/h9-12,14,17H,3-8H2,1-2H3. The highest BCUT2D eigenvalue weighted by molar-refractivity contribution is 9.10. The Balaban J connectivity index is 1.77. The Labute approximate surface area is 123 Å². The SMILES string of the molecule is CCCC1CCC(NC(C)c2cc(Br)cs2)CC1. The molecule has 0 bridgehead atoms. The Morgan fingerprint density at radius 1 is 1.39 bits per heavy atom. The third kappa shape index (κ3) is 4.07. The summed E-state index contributed by atoms with van der Waals surface area (Å²) in [6, 6.07) is 3.47. The average molecular weight is 330 g/mol. The van der Waals surface area contributed by atoms with Gasteiger partial charge in [0.25, 0.3) is 0 Å². The van der Waals surface area contributed by atoms with Crippen LogP contribution in [0.3, 0.4) is 0 Å². The summed E-state index contributed by atoms with van der Waals surface area (Å²) >= 11 is 5.38. The van der Waals surface area contributed by atoms with Gasteiger partial charge in [-0.25, -0.2) is 0 Å². The summed E-state index contributed by atoms with van der Waals surface area (Å²) < 4.78 is 1.21. The van der Waals surface area contributed by atoms with Crippen molar-refractivity contribution in [1.82, 2.24) is 5.32 Å². The van der Waals surface area contributed by atoms with Crippen LogP contribution in [0.4, 0.5) is 0 Å². The Bertz CT molecular complexity index is 355. The molecular formula is C15H24BrNS. The number of rotatable bonds is 5. The van der Waals surface area contributed by atoms with Gasteiger partial charge in [-0.1, -0.05) is 19.8 Å². The maximum Gasteiger partial charge on any atom is 0.0388 e. The lowest BCUT2D eigenvalue weighted by molar-refractivity contribution is 0.267. The number of halogens is 1. The van der Waals surface area contributed by atoms with Gasteiger partial charge < -0.3 is 5.32 Å². The molecular weight excluding hydrogens is 306 g/mol.